The Morgan fingerprint density at radius 3 is 2.08 bits per heavy atom. The molecule has 2 saturated heterocycles. The third kappa shape index (κ3) is 20.9. The van der Waals surface area contributed by atoms with E-state index in [0.717, 1.165) is 0 Å². The van der Waals surface area contributed by atoms with Crippen LogP contribution in [0.25, 0.3) is 0 Å². The molecular formula is C50H78N15O19+. The summed E-state index contributed by atoms with van der Waals surface area (Å²) in [4.78, 5) is 156. The highest BCUT2D eigenvalue weighted by atomic mass is 16.5. The summed E-state index contributed by atoms with van der Waals surface area (Å²) in [5.41, 5.74) is 11.3. The van der Waals surface area contributed by atoms with Gasteiger partial charge in [-0.2, -0.15) is 0 Å². The van der Waals surface area contributed by atoms with Gasteiger partial charge in [0.1, 0.15) is 54.1 Å². The Balaban J connectivity index is 1.49. The van der Waals surface area contributed by atoms with Crippen LogP contribution in [0.4, 0.5) is 0 Å². The zero-order valence-electron chi connectivity index (χ0n) is 46.0. The maximum absolute atomic E-state index is 14.2. The molecule has 2 fully saturated rings. The number of unbranched alkanes of at least 4 members (excludes halogenated alkanes) is 1. The molecule has 12 amide bonds. The van der Waals surface area contributed by atoms with Crippen LogP contribution in [0.5, 0.6) is 0 Å². The second kappa shape index (κ2) is 34.4. The molecule has 84 heavy (non-hydrogen) atoms. The van der Waals surface area contributed by atoms with Crippen molar-refractivity contribution in [3.05, 3.63) is 46.8 Å². The van der Waals surface area contributed by atoms with Crippen LogP contribution in [0.1, 0.15) is 83.5 Å². The fraction of sp³-hybridized carbons (Fsp3) is 0.600. The summed E-state index contributed by atoms with van der Waals surface area (Å²) in [6.07, 6.45) is 2.38. The molecule has 4 rings (SSSR count). The number of amides is 12. The number of aliphatic hydroxyl groups excluding tert-OH is 5. The number of nitrogens with zero attached hydrogens (tertiary/aromatic N) is 2. The molecule has 0 saturated carbocycles. The first-order valence-electron chi connectivity index (χ1n) is 27.3. The van der Waals surface area contributed by atoms with Gasteiger partial charge in [0.05, 0.1) is 19.8 Å². The summed E-state index contributed by atoms with van der Waals surface area (Å²) in [6.45, 7) is -2.81. The molecule has 0 aromatic rings. The first-order valence-corrected chi connectivity index (χ1v) is 27.3. The van der Waals surface area contributed by atoms with E-state index in [0.29, 0.717) is 22.0 Å². The molecule has 3 aliphatic heterocycles. The van der Waals surface area contributed by atoms with Crippen LogP contribution in [0.15, 0.2) is 46.8 Å². The lowest BCUT2D eigenvalue weighted by Crippen LogP contribution is -3.21. The third-order valence-electron chi connectivity index (χ3n) is 13.9. The number of quaternary nitrogens is 1. The predicted molar refractivity (Wildman–Crippen MR) is 286 cm³/mol. The second-order valence-corrected chi connectivity index (χ2v) is 20.1. The van der Waals surface area contributed by atoms with Crippen LogP contribution in [0.3, 0.4) is 0 Å². The average Bonchev–Trinajstić information content (AvgIpc) is 1.54. The smallest absolute Gasteiger partial charge is 0.279 e. The molecule has 0 spiro atoms. The van der Waals surface area contributed by atoms with Crippen LogP contribution in [-0.4, -0.2) is 225 Å². The van der Waals surface area contributed by atoms with Crippen LogP contribution in [-0.2, 0) is 57.5 Å². The SMILES string of the molecule is NCCCCC(NC(=O)C(CO)NC(=O)C1CCNC2=C(NC(=O)CCC(O)C(N)=O)C=C3C=C(O)C(O)=CC3[NH+]21)C(=O)NCC(=O)NC(CCCN(O)C=O)C(=O)NC1CCCCNC(=O)C(CO)NC(=O)C(CCCN(O)C=O)NC1=O. The van der Waals surface area contributed by atoms with Crippen molar-refractivity contribution in [1.29, 1.82) is 0 Å². The molecular weight excluding hydrogens is 1110 g/mol. The molecule has 0 bridgehead atoms. The normalized spacial score (nSPS) is 22.2. The number of carbonyl (C=O) groups excluding carboxylic acids is 12. The first kappa shape index (κ1) is 68.2. The highest BCUT2D eigenvalue weighted by Gasteiger charge is 2.47. The Morgan fingerprint density at radius 2 is 1.42 bits per heavy atom. The molecule has 4 aliphatic rings. The van der Waals surface area contributed by atoms with E-state index in [1.54, 1.807) is 0 Å². The van der Waals surface area contributed by atoms with Crippen molar-refractivity contribution < 1.29 is 98.4 Å². The lowest BCUT2D eigenvalue weighted by molar-refractivity contribution is -0.900. The van der Waals surface area contributed by atoms with Crippen LogP contribution in [0, 0.1) is 0 Å². The highest BCUT2D eigenvalue weighted by molar-refractivity contribution is 5.97. The van der Waals surface area contributed by atoms with Crippen LogP contribution >= 0.6 is 0 Å². The van der Waals surface area contributed by atoms with Gasteiger partial charge in [0.2, 0.25) is 71.8 Å². The van der Waals surface area contributed by atoms with Crippen molar-refractivity contribution in [1.82, 2.24) is 63.3 Å². The van der Waals surface area contributed by atoms with Crippen molar-refractivity contribution in [2.24, 2.45) is 11.5 Å². The van der Waals surface area contributed by atoms with Gasteiger partial charge >= 0.3 is 0 Å². The second-order valence-electron chi connectivity index (χ2n) is 20.1. The lowest BCUT2D eigenvalue weighted by Gasteiger charge is -2.42. The summed E-state index contributed by atoms with van der Waals surface area (Å²) in [7, 11) is 0. The quantitative estimate of drug-likeness (QED) is 0.0133. The number of allylic oxidation sites excluding steroid dienone is 1. The highest BCUT2D eigenvalue weighted by Crippen LogP contribution is 2.24. The molecule has 10 atom stereocenters. The number of nitrogens with one attached hydrogen (secondary N) is 11. The Morgan fingerprint density at radius 1 is 0.738 bits per heavy atom. The fourth-order valence-corrected chi connectivity index (χ4v) is 9.37. The Hall–Kier alpha value is -8.28. The van der Waals surface area contributed by atoms with E-state index in [9.17, 15) is 93.5 Å². The molecule has 10 unspecified atom stereocenters. The molecule has 466 valence electrons. The number of aliphatic hydroxyl groups is 5. The van der Waals surface area contributed by atoms with Crippen molar-refractivity contribution >= 4 is 71.9 Å². The lowest BCUT2D eigenvalue weighted by atomic mass is 9.90. The zero-order chi connectivity index (χ0) is 62.0. The van der Waals surface area contributed by atoms with Gasteiger partial charge < -0.3 is 90.2 Å². The fourth-order valence-electron chi connectivity index (χ4n) is 9.37. The summed E-state index contributed by atoms with van der Waals surface area (Å²) >= 11 is 0. The number of carbonyl (C=O) groups is 12. The monoisotopic (exact) mass is 1190 g/mol. The van der Waals surface area contributed by atoms with E-state index >= 15 is 0 Å². The van der Waals surface area contributed by atoms with Gasteiger partial charge in [0, 0.05) is 50.7 Å². The number of hydrogen-bond donors (Lipinski definition) is 20. The van der Waals surface area contributed by atoms with E-state index in [1.807, 2.05) is 0 Å². The molecule has 0 aromatic heterocycles. The Kier molecular flexibility index (Phi) is 27.9. The Bertz CT molecular complexity index is 2530. The third-order valence-corrected chi connectivity index (χ3v) is 13.9. The minimum atomic E-state index is -1.69. The van der Waals surface area contributed by atoms with E-state index < -0.39 is 145 Å². The number of hydroxylamine groups is 4. The van der Waals surface area contributed by atoms with E-state index in [2.05, 4.69) is 53.2 Å². The van der Waals surface area contributed by atoms with Crippen LogP contribution < -0.4 is 69.5 Å². The Labute approximate surface area is 481 Å². The topological polar surface area (TPSA) is 530 Å². The number of nitrogens with two attached hydrogens (primary N) is 2. The maximum atomic E-state index is 14.2. The summed E-state index contributed by atoms with van der Waals surface area (Å²) < 4.78 is 0. The number of rotatable bonds is 31. The molecule has 34 nitrogen and oxygen atoms in total. The van der Waals surface area contributed by atoms with E-state index in [-0.39, 0.29) is 139 Å². The number of fused-ring (bicyclic) bond motifs is 3. The molecule has 1 aliphatic carbocycles. The van der Waals surface area contributed by atoms with Gasteiger partial charge in [0.15, 0.2) is 17.6 Å². The van der Waals surface area contributed by atoms with Gasteiger partial charge in [-0.1, -0.05) is 0 Å². The standard InChI is InChI=1S/C50H77N15O19/c51-14-3-1-7-28(58-49(81)34(24-67)62-50(82)35-13-16-53-43-32(57-40(73)12-11-37(70)42(52)75)19-27-20-38(71)39(72)21-36(27)65(35)43)44(76)55-22-41(74)56-29(9-5-17-63(83)25-68)46(78)59-30-8-2-4-15-54-45(77)33(23-66)61-48(80)31(60-47(30)79)10-6-18-64(84)26-69/h19-21,25-26,28-31,33-37,53,66-67,70-72,83-84H,1-18,22-24,51H2,(H2,52,75)(H,54,77)(H,55,76)(H,56,74)(H,57,73)(H,58,81)(H,59,78)(H,60,79)(H,61,80)(H,62,82)/p+1. The summed E-state index contributed by atoms with van der Waals surface area (Å²) in [5.74, 6) is -9.69. The van der Waals surface area contributed by atoms with E-state index in [1.165, 1.54) is 18.2 Å². The van der Waals surface area contributed by atoms with Gasteiger partial charge in [-0.15, -0.1) is 0 Å². The van der Waals surface area contributed by atoms with Gasteiger partial charge in [-0.05, 0) is 89.3 Å². The molecule has 34 heteroatoms. The van der Waals surface area contributed by atoms with Gasteiger partial charge in [-0.25, -0.2) is 10.1 Å². The summed E-state index contributed by atoms with van der Waals surface area (Å²) in [5, 5.41) is 96.6. The molecule has 0 aromatic carbocycles. The number of hydrogen-bond acceptors (Lipinski definition) is 21. The van der Waals surface area contributed by atoms with Crippen molar-refractivity contribution in [3.8, 4) is 0 Å². The average molecular weight is 1190 g/mol. The number of primary amides is 1. The largest absolute Gasteiger partial charge is 0.504 e. The van der Waals surface area contributed by atoms with Crippen molar-refractivity contribution in [2.45, 2.75) is 138 Å². The molecule has 0 radical (unpaired) electrons. The molecule has 22 N–H and O–H groups in total. The zero-order valence-corrected chi connectivity index (χ0v) is 46.0. The van der Waals surface area contributed by atoms with Gasteiger partial charge in [0.25, 0.3) is 5.91 Å². The molecule has 3 heterocycles. The van der Waals surface area contributed by atoms with Crippen molar-refractivity contribution in [3.63, 3.8) is 0 Å². The maximum Gasteiger partial charge on any atom is 0.279 e. The van der Waals surface area contributed by atoms with Gasteiger partial charge in [-0.3, -0.25) is 72.8 Å². The van der Waals surface area contributed by atoms with Crippen molar-refractivity contribution in [2.75, 3.05) is 52.5 Å². The predicted octanol–water partition coefficient (Wildman–Crippen LogP) is -8.95. The minimum absolute atomic E-state index is 0.0432. The minimum Gasteiger partial charge on any atom is -0.504 e. The van der Waals surface area contributed by atoms with E-state index in [4.69, 9.17) is 11.5 Å². The summed E-state index contributed by atoms with van der Waals surface area (Å²) in [6, 6.07) is -10.8. The van der Waals surface area contributed by atoms with Crippen LogP contribution in [0.2, 0.25) is 0 Å². The first-order chi connectivity index (χ1) is 40.0.